The van der Waals surface area contributed by atoms with Crippen LogP contribution in [0.25, 0.3) is 0 Å². The van der Waals surface area contributed by atoms with Crippen molar-refractivity contribution in [1.82, 2.24) is 14.5 Å². The zero-order valence-corrected chi connectivity index (χ0v) is 16.5. The molecule has 2 saturated heterocycles. The quantitative estimate of drug-likeness (QED) is 0.869. The molecule has 1 amide bonds. The Hall–Kier alpha value is -1.44. The van der Waals surface area contributed by atoms with Gasteiger partial charge in [-0.1, -0.05) is 12.5 Å². The Kier molecular flexibility index (Phi) is 5.99. The van der Waals surface area contributed by atoms with Gasteiger partial charge in [0.25, 0.3) is 5.91 Å². The molecule has 0 atom stereocenters. The van der Waals surface area contributed by atoms with E-state index in [1.165, 1.54) is 0 Å². The SMILES string of the molecule is Cc1ccc(S(=O)(=O)N2CCCCC2)cc1C(=O)NC1CCN(C)CC1. The van der Waals surface area contributed by atoms with Crippen molar-refractivity contribution in [2.45, 2.75) is 50.0 Å². The number of nitrogens with one attached hydrogen (secondary N) is 1. The van der Waals surface area contributed by atoms with Gasteiger partial charge in [0.15, 0.2) is 0 Å². The first-order valence-corrected chi connectivity index (χ1v) is 10.9. The second-order valence-electron chi connectivity index (χ2n) is 7.49. The molecule has 0 aromatic heterocycles. The fraction of sp³-hybridized carbons (Fsp3) is 0.632. The van der Waals surface area contributed by atoms with Crippen LogP contribution in [0, 0.1) is 6.92 Å². The fourth-order valence-electron chi connectivity index (χ4n) is 3.68. The van der Waals surface area contributed by atoms with Gasteiger partial charge in [0.2, 0.25) is 10.0 Å². The molecule has 1 N–H and O–H groups in total. The second kappa shape index (κ2) is 8.06. The average Bonchev–Trinajstić information content (AvgIpc) is 2.64. The van der Waals surface area contributed by atoms with E-state index < -0.39 is 10.0 Å². The summed E-state index contributed by atoms with van der Waals surface area (Å²) < 4.78 is 27.3. The van der Waals surface area contributed by atoms with Crippen molar-refractivity contribution < 1.29 is 13.2 Å². The number of aryl methyl sites for hydroxylation is 1. The molecule has 0 aliphatic carbocycles. The van der Waals surface area contributed by atoms with Gasteiger partial charge in [-0.05, 0) is 70.4 Å². The highest BCUT2D eigenvalue weighted by Crippen LogP contribution is 2.23. The van der Waals surface area contributed by atoms with Crippen LogP contribution >= 0.6 is 0 Å². The average molecular weight is 380 g/mol. The molecule has 144 valence electrons. The van der Waals surface area contributed by atoms with E-state index in [0.29, 0.717) is 18.7 Å². The third-order valence-electron chi connectivity index (χ3n) is 5.46. The van der Waals surface area contributed by atoms with Crippen molar-refractivity contribution in [2.75, 3.05) is 33.2 Å². The molecule has 2 aliphatic heterocycles. The van der Waals surface area contributed by atoms with Gasteiger partial charge in [-0.2, -0.15) is 4.31 Å². The number of likely N-dealkylation sites (tertiary alicyclic amines) is 1. The van der Waals surface area contributed by atoms with Gasteiger partial charge in [0, 0.05) is 24.7 Å². The van der Waals surface area contributed by atoms with Gasteiger partial charge in [0.05, 0.1) is 4.90 Å². The summed E-state index contributed by atoms with van der Waals surface area (Å²) >= 11 is 0. The van der Waals surface area contributed by atoms with Crippen LogP contribution in [0.15, 0.2) is 23.1 Å². The van der Waals surface area contributed by atoms with Crippen LogP contribution in [-0.2, 0) is 10.0 Å². The van der Waals surface area contributed by atoms with Gasteiger partial charge in [-0.15, -0.1) is 0 Å². The third kappa shape index (κ3) is 4.27. The molecule has 0 saturated carbocycles. The van der Waals surface area contributed by atoms with Crippen LogP contribution < -0.4 is 5.32 Å². The number of nitrogens with zero attached hydrogens (tertiary/aromatic N) is 2. The van der Waals surface area contributed by atoms with Crippen LogP contribution in [0.5, 0.6) is 0 Å². The molecule has 26 heavy (non-hydrogen) atoms. The van der Waals surface area contributed by atoms with Crippen LogP contribution in [0.2, 0.25) is 0 Å². The lowest BCUT2D eigenvalue weighted by molar-refractivity contribution is 0.0916. The van der Waals surface area contributed by atoms with Crippen molar-refractivity contribution in [3.8, 4) is 0 Å². The number of carbonyl (C=O) groups excluding carboxylic acids is 1. The minimum atomic E-state index is -3.53. The Morgan fingerprint density at radius 2 is 1.73 bits per heavy atom. The second-order valence-corrected chi connectivity index (χ2v) is 9.43. The Balaban J connectivity index is 1.77. The first-order valence-electron chi connectivity index (χ1n) is 9.48. The topological polar surface area (TPSA) is 69.7 Å². The molecule has 0 unspecified atom stereocenters. The maximum Gasteiger partial charge on any atom is 0.251 e. The van der Waals surface area contributed by atoms with Gasteiger partial charge in [-0.3, -0.25) is 4.79 Å². The highest BCUT2D eigenvalue weighted by Gasteiger charge is 2.27. The summed E-state index contributed by atoms with van der Waals surface area (Å²) in [5.41, 5.74) is 1.26. The molecule has 1 aromatic carbocycles. The van der Waals surface area contributed by atoms with Gasteiger partial charge < -0.3 is 10.2 Å². The summed E-state index contributed by atoms with van der Waals surface area (Å²) in [6, 6.07) is 5.05. The molecule has 2 aliphatic rings. The standard InChI is InChI=1S/C19H29N3O3S/c1-15-6-7-17(26(24,25)22-10-4-3-5-11-22)14-18(15)19(23)20-16-8-12-21(2)13-9-16/h6-7,14,16H,3-5,8-13H2,1-2H3,(H,20,23). The van der Waals surface area contributed by atoms with E-state index in [9.17, 15) is 13.2 Å². The fourth-order valence-corrected chi connectivity index (χ4v) is 5.22. The maximum absolute atomic E-state index is 12.9. The van der Waals surface area contributed by atoms with Crippen LogP contribution in [0.4, 0.5) is 0 Å². The van der Waals surface area contributed by atoms with Crippen LogP contribution in [0.1, 0.15) is 48.0 Å². The van der Waals surface area contributed by atoms with E-state index >= 15 is 0 Å². The first kappa shape index (κ1) is 19.3. The van der Waals surface area contributed by atoms with E-state index in [4.69, 9.17) is 0 Å². The van der Waals surface area contributed by atoms with E-state index in [1.807, 2.05) is 6.92 Å². The number of rotatable bonds is 4. The molecule has 0 radical (unpaired) electrons. The van der Waals surface area contributed by atoms with Gasteiger partial charge in [-0.25, -0.2) is 8.42 Å². The lowest BCUT2D eigenvalue weighted by atomic mass is 10.0. The predicted molar refractivity (Wildman–Crippen MR) is 102 cm³/mol. The Morgan fingerprint density at radius 1 is 1.08 bits per heavy atom. The Morgan fingerprint density at radius 3 is 2.38 bits per heavy atom. The predicted octanol–water partition coefficient (Wildman–Crippen LogP) is 1.99. The summed E-state index contributed by atoms with van der Waals surface area (Å²) in [6.45, 7) is 4.90. The molecule has 2 heterocycles. The molecule has 1 aromatic rings. The number of benzene rings is 1. The van der Waals surface area contributed by atoms with Gasteiger partial charge in [0.1, 0.15) is 0 Å². The summed E-state index contributed by atoms with van der Waals surface area (Å²) in [4.78, 5) is 15.2. The first-order chi connectivity index (χ1) is 12.4. The monoisotopic (exact) mass is 379 g/mol. The van der Waals surface area contributed by atoms with Crippen molar-refractivity contribution >= 4 is 15.9 Å². The summed E-state index contributed by atoms with van der Waals surface area (Å²) in [7, 11) is -1.45. The van der Waals surface area contributed by atoms with Crippen molar-refractivity contribution in [3.05, 3.63) is 29.3 Å². The van der Waals surface area contributed by atoms with Crippen molar-refractivity contribution in [2.24, 2.45) is 0 Å². The molecule has 6 nitrogen and oxygen atoms in total. The number of hydrogen-bond acceptors (Lipinski definition) is 4. The van der Waals surface area contributed by atoms with E-state index in [0.717, 1.165) is 50.8 Å². The van der Waals surface area contributed by atoms with E-state index in [2.05, 4.69) is 17.3 Å². The number of piperidine rings is 2. The summed E-state index contributed by atoms with van der Waals surface area (Å²) in [5, 5.41) is 3.08. The Labute approximate surface area is 156 Å². The van der Waals surface area contributed by atoms with E-state index in [-0.39, 0.29) is 16.8 Å². The van der Waals surface area contributed by atoms with Crippen molar-refractivity contribution in [1.29, 1.82) is 0 Å². The minimum Gasteiger partial charge on any atom is -0.349 e. The smallest absolute Gasteiger partial charge is 0.251 e. The molecule has 0 bridgehead atoms. The molecule has 3 rings (SSSR count). The number of amides is 1. The molecular weight excluding hydrogens is 350 g/mol. The third-order valence-corrected chi connectivity index (χ3v) is 7.35. The lowest BCUT2D eigenvalue weighted by Crippen LogP contribution is -2.43. The summed E-state index contributed by atoms with van der Waals surface area (Å²) in [5.74, 6) is -0.173. The largest absolute Gasteiger partial charge is 0.349 e. The molecule has 0 spiro atoms. The highest BCUT2D eigenvalue weighted by molar-refractivity contribution is 7.89. The van der Waals surface area contributed by atoms with Crippen LogP contribution in [-0.4, -0.2) is 62.8 Å². The lowest BCUT2D eigenvalue weighted by Gasteiger charge is -2.29. The summed E-state index contributed by atoms with van der Waals surface area (Å²) in [6.07, 6.45) is 4.72. The van der Waals surface area contributed by atoms with Gasteiger partial charge >= 0.3 is 0 Å². The molecular formula is C19H29N3O3S. The maximum atomic E-state index is 12.9. The molecule has 7 heteroatoms. The zero-order valence-electron chi connectivity index (χ0n) is 15.7. The number of sulfonamides is 1. The van der Waals surface area contributed by atoms with E-state index in [1.54, 1.807) is 22.5 Å². The highest BCUT2D eigenvalue weighted by atomic mass is 32.2. The van der Waals surface area contributed by atoms with Crippen molar-refractivity contribution in [3.63, 3.8) is 0 Å². The Bertz CT molecular complexity index is 749. The van der Waals surface area contributed by atoms with Crippen LogP contribution in [0.3, 0.4) is 0 Å². The minimum absolute atomic E-state index is 0.153. The normalized spacial score (nSPS) is 20.8. The number of carbonyl (C=O) groups is 1. The zero-order chi connectivity index (χ0) is 18.7. The number of hydrogen-bond donors (Lipinski definition) is 1. The molecule has 2 fully saturated rings.